The normalized spacial score (nSPS) is 13.9. The molecule has 1 aliphatic rings. The highest BCUT2D eigenvalue weighted by Crippen LogP contribution is 2.37. The van der Waals surface area contributed by atoms with Crippen LogP contribution in [0, 0.1) is 0 Å². The minimum atomic E-state index is 0.801. The highest BCUT2D eigenvalue weighted by Gasteiger charge is 2.17. The Morgan fingerprint density at radius 1 is 1.22 bits per heavy atom. The monoisotopic (exact) mass is 274 g/mol. The van der Waals surface area contributed by atoms with E-state index in [1.54, 1.807) is 6.20 Å². The quantitative estimate of drug-likeness (QED) is 0.793. The van der Waals surface area contributed by atoms with Crippen molar-refractivity contribution in [2.45, 2.75) is 12.8 Å². The second-order valence-corrected chi connectivity index (χ2v) is 5.11. The maximum absolute atomic E-state index is 6.50. The van der Waals surface area contributed by atoms with E-state index < -0.39 is 0 Å². The molecule has 0 aliphatic carbocycles. The summed E-state index contributed by atoms with van der Waals surface area (Å²) in [6.07, 6.45) is 5.34. The predicted molar refractivity (Wildman–Crippen MR) is 79.2 cm³/mol. The molecule has 1 aliphatic heterocycles. The molecule has 2 aromatic rings. The Bertz CT molecular complexity index is 611. The Balaban J connectivity index is 2.12. The van der Waals surface area contributed by atoms with Gasteiger partial charge in [0.25, 0.3) is 0 Å². The average Bonchev–Trinajstić information content (AvgIpc) is 2.40. The lowest BCUT2D eigenvalue weighted by molar-refractivity contribution is 1.03. The summed E-state index contributed by atoms with van der Waals surface area (Å²) in [5.74, 6) is 0. The van der Waals surface area contributed by atoms with Crippen LogP contribution in [0.3, 0.4) is 0 Å². The van der Waals surface area contributed by atoms with Crippen LogP contribution in [0.5, 0.6) is 0 Å². The van der Waals surface area contributed by atoms with Gasteiger partial charge in [0.1, 0.15) is 0 Å². The number of nitrogens with zero attached hydrogens (tertiary/aromatic N) is 1. The third-order valence-corrected chi connectivity index (χ3v) is 3.83. The van der Waals surface area contributed by atoms with E-state index in [4.69, 9.17) is 23.8 Å². The van der Waals surface area contributed by atoms with Crippen molar-refractivity contribution in [3.63, 3.8) is 0 Å². The zero-order valence-corrected chi connectivity index (χ0v) is 11.2. The van der Waals surface area contributed by atoms with E-state index >= 15 is 0 Å². The Hall–Kier alpha value is -1.45. The number of hydrogen-bond donors (Lipinski definition) is 1. The molecule has 0 atom stereocenters. The van der Waals surface area contributed by atoms with Gasteiger partial charge in [-0.05, 0) is 24.1 Å². The molecule has 18 heavy (non-hydrogen) atoms. The molecule has 4 heteroatoms. The van der Waals surface area contributed by atoms with Crippen LogP contribution in [0.15, 0.2) is 36.7 Å². The molecule has 2 nitrogen and oxygen atoms in total. The van der Waals surface area contributed by atoms with E-state index in [0.717, 1.165) is 45.2 Å². The highest BCUT2D eigenvalue weighted by atomic mass is 35.5. The van der Waals surface area contributed by atoms with Crippen molar-refractivity contribution >= 4 is 34.5 Å². The van der Waals surface area contributed by atoms with Crippen LogP contribution in [-0.4, -0.2) is 9.97 Å². The third kappa shape index (κ3) is 2.00. The van der Waals surface area contributed by atoms with Crippen molar-refractivity contribution in [1.29, 1.82) is 0 Å². The molecule has 0 amide bonds. The predicted octanol–water partition coefficient (Wildman–Crippen LogP) is 4.09. The number of pyridine rings is 1. The first-order valence-corrected chi connectivity index (χ1v) is 6.56. The summed E-state index contributed by atoms with van der Waals surface area (Å²) in [6, 6.07) is 7.98. The average molecular weight is 275 g/mol. The van der Waals surface area contributed by atoms with Gasteiger partial charge in [-0.25, -0.2) is 0 Å². The van der Waals surface area contributed by atoms with Crippen molar-refractivity contribution in [2.75, 3.05) is 5.32 Å². The van der Waals surface area contributed by atoms with E-state index in [0.29, 0.717) is 0 Å². The van der Waals surface area contributed by atoms with Crippen LogP contribution in [0.4, 0.5) is 5.69 Å². The van der Waals surface area contributed by atoms with Crippen LogP contribution < -0.4 is 5.32 Å². The Morgan fingerprint density at radius 2 is 2.11 bits per heavy atom. The van der Waals surface area contributed by atoms with Crippen molar-refractivity contribution in [2.24, 2.45) is 0 Å². The summed E-state index contributed by atoms with van der Waals surface area (Å²) in [7, 11) is 0. The summed E-state index contributed by atoms with van der Waals surface area (Å²) in [4.78, 5) is 5.01. The van der Waals surface area contributed by atoms with Gasteiger partial charge in [0.05, 0.1) is 10.0 Å². The second kappa shape index (κ2) is 4.67. The van der Waals surface area contributed by atoms with E-state index in [-0.39, 0.29) is 0 Å². The van der Waals surface area contributed by atoms with Crippen LogP contribution in [0.25, 0.3) is 11.1 Å². The second-order valence-electron chi connectivity index (χ2n) is 4.24. The van der Waals surface area contributed by atoms with E-state index in [1.807, 2.05) is 30.5 Å². The lowest BCUT2D eigenvalue weighted by atomic mass is 9.98. The maximum Gasteiger partial charge on any atom is 0.0800 e. The standard InChI is InChI=1S/C14H11ClN2S/c15-14-10(9-2-1-7-16-8-9)3-5-12-11(14)4-6-13(18)17-12/h1-3,5,7-8H,4,6H2,(H,17,18). The molecule has 1 aromatic carbocycles. The summed E-state index contributed by atoms with van der Waals surface area (Å²) < 4.78 is 0. The third-order valence-electron chi connectivity index (χ3n) is 3.09. The molecular formula is C14H11ClN2S. The molecule has 1 N–H and O–H groups in total. The Labute approximate surface area is 116 Å². The van der Waals surface area contributed by atoms with Gasteiger partial charge in [0.15, 0.2) is 0 Å². The number of nitrogens with one attached hydrogen (secondary N) is 1. The summed E-state index contributed by atoms with van der Waals surface area (Å²) >= 11 is 11.7. The van der Waals surface area contributed by atoms with Crippen molar-refractivity contribution in [3.05, 3.63) is 47.2 Å². The van der Waals surface area contributed by atoms with Gasteiger partial charge in [-0.2, -0.15) is 0 Å². The summed E-state index contributed by atoms with van der Waals surface area (Å²) in [5, 5.41) is 4.01. The molecule has 0 fully saturated rings. The Morgan fingerprint density at radius 3 is 2.89 bits per heavy atom. The van der Waals surface area contributed by atoms with Crippen LogP contribution in [0.2, 0.25) is 5.02 Å². The van der Waals surface area contributed by atoms with Gasteiger partial charge in [0.2, 0.25) is 0 Å². The maximum atomic E-state index is 6.50. The zero-order valence-electron chi connectivity index (χ0n) is 9.61. The topological polar surface area (TPSA) is 24.9 Å². The highest BCUT2D eigenvalue weighted by molar-refractivity contribution is 7.80. The molecule has 0 bridgehead atoms. The molecule has 2 heterocycles. The van der Waals surface area contributed by atoms with Gasteiger partial charge in [0, 0.05) is 35.6 Å². The molecular weight excluding hydrogens is 264 g/mol. The molecule has 90 valence electrons. The number of rotatable bonds is 1. The fourth-order valence-electron chi connectivity index (χ4n) is 2.18. The largest absolute Gasteiger partial charge is 0.350 e. The number of hydrogen-bond acceptors (Lipinski definition) is 2. The van der Waals surface area contributed by atoms with Crippen molar-refractivity contribution in [1.82, 2.24) is 4.98 Å². The summed E-state index contributed by atoms with van der Waals surface area (Å²) in [6.45, 7) is 0. The fraction of sp³-hybridized carbons (Fsp3) is 0.143. The van der Waals surface area contributed by atoms with Crippen LogP contribution >= 0.6 is 23.8 Å². The fourth-order valence-corrected chi connectivity index (χ4v) is 2.76. The molecule has 0 unspecified atom stereocenters. The number of halogens is 1. The van der Waals surface area contributed by atoms with E-state index in [9.17, 15) is 0 Å². The minimum Gasteiger partial charge on any atom is -0.350 e. The van der Waals surface area contributed by atoms with Crippen LogP contribution in [-0.2, 0) is 6.42 Å². The number of aromatic nitrogens is 1. The molecule has 0 saturated heterocycles. The number of benzene rings is 1. The van der Waals surface area contributed by atoms with E-state index in [2.05, 4.69) is 10.3 Å². The molecule has 0 saturated carbocycles. The SMILES string of the molecule is S=C1CCc2c(ccc(-c3cccnc3)c2Cl)N1. The van der Waals surface area contributed by atoms with Crippen molar-refractivity contribution < 1.29 is 0 Å². The number of thiocarbonyl (C=S) groups is 1. The lowest BCUT2D eigenvalue weighted by Gasteiger charge is -2.21. The van der Waals surface area contributed by atoms with Gasteiger partial charge in [-0.1, -0.05) is 36.0 Å². The van der Waals surface area contributed by atoms with Gasteiger partial charge in [-0.3, -0.25) is 4.98 Å². The lowest BCUT2D eigenvalue weighted by Crippen LogP contribution is -2.17. The number of fused-ring (bicyclic) bond motifs is 1. The molecule has 0 radical (unpaired) electrons. The van der Waals surface area contributed by atoms with E-state index in [1.165, 1.54) is 0 Å². The first-order chi connectivity index (χ1) is 8.75. The first-order valence-electron chi connectivity index (χ1n) is 5.77. The van der Waals surface area contributed by atoms with Crippen molar-refractivity contribution in [3.8, 4) is 11.1 Å². The van der Waals surface area contributed by atoms with Gasteiger partial charge < -0.3 is 5.32 Å². The molecule has 1 aromatic heterocycles. The molecule has 3 rings (SSSR count). The van der Waals surface area contributed by atoms with Gasteiger partial charge >= 0.3 is 0 Å². The summed E-state index contributed by atoms with van der Waals surface area (Å²) in [5.41, 5.74) is 4.24. The van der Waals surface area contributed by atoms with Gasteiger partial charge in [-0.15, -0.1) is 0 Å². The smallest absolute Gasteiger partial charge is 0.0800 e. The Kier molecular flexibility index (Phi) is 3.02. The minimum absolute atomic E-state index is 0.801. The number of anilines is 1. The first kappa shape index (κ1) is 11.6. The van der Waals surface area contributed by atoms with Crippen LogP contribution in [0.1, 0.15) is 12.0 Å². The molecule has 0 spiro atoms. The zero-order chi connectivity index (χ0) is 12.5.